The molecule has 0 aliphatic carbocycles. The molecule has 0 unspecified atom stereocenters. The first-order chi connectivity index (χ1) is 9.20. The van der Waals surface area contributed by atoms with Crippen LogP contribution < -0.4 is 0 Å². The van der Waals surface area contributed by atoms with Crippen molar-refractivity contribution in [2.24, 2.45) is 0 Å². The summed E-state index contributed by atoms with van der Waals surface area (Å²) in [6, 6.07) is 4.79. The molecule has 0 aliphatic heterocycles. The molecule has 2 aromatic rings. The molecule has 0 nitrogen and oxygen atoms in total. The van der Waals surface area contributed by atoms with Gasteiger partial charge in [0.25, 0.3) is 0 Å². The molecular formula is C13H5Cl3F4. The Hall–Kier alpha value is -0.970. The van der Waals surface area contributed by atoms with Crippen LogP contribution in [0.15, 0.2) is 30.3 Å². The van der Waals surface area contributed by atoms with Gasteiger partial charge in [-0.05, 0) is 29.8 Å². The van der Waals surface area contributed by atoms with E-state index in [4.69, 9.17) is 34.8 Å². The van der Waals surface area contributed by atoms with E-state index in [0.29, 0.717) is 6.07 Å². The number of benzene rings is 2. The van der Waals surface area contributed by atoms with Crippen molar-refractivity contribution < 1.29 is 17.6 Å². The number of rotatable bonds is 1. The molecule has 0 spiro atoms. The van der Waals surface area contributed by atoms with Crippen LogP contribution in [0.1, 0.15) is 5.56 Å². The molecule has 7 heteroatoms. The Bertz CT molecular complexity index is 665. The Kier molecular flexibility index (Phi) is 4.19. The van der Waals surface area contributed by atoms with Gasteiger partial charge in [-0.1, -0.05) is 40.9 Å². The maximum absolute atomic E-state index is 13.1. The van der Waals surface area contributed by atoms with Gasteiger partial charge in [0.05, 0.1) is 15.6 Å². The van der Waals surface area contributed by atoms with Crippen LogP contribution in [-0.2, 0) is 6.18 Å². The molecule has 0 aliphatic rings. The van der Waals surface area contributed by atoms with E-state index in [-0.39, 0.29) is 26.2 Å². The van der Waals surface area contributed by atoms with Gasteiger partial charge in [-0.2, -0.15) is 13.2 Å². The summed E-state index contributed by atoms with van der Waals surface area (Å²) in [7, 11) is 0. The highest BCUT2D eigenvalue weighted by Crippen LogP contribution is 2.42. The van der Waals surface area contributed by atoms with E-state index in [2.05, 4.69) is 0 Å². The summed E-state index contributed by atoms with van der Waals surface area (Å²) in [4.78, 5) is 0. The normalized spacial score (nSPS) is 11.8. The molecule has 0 radical (unpaired) electrons. The molecule has 0 N–H and O–H groups in total. The van der Waals surface area contributed by atoms with E-state index < -0.39 is 17.6 Å². The van der Waals surface area contributed by atoms with Crippen molar-refractivity contribution in [1.82, 2.24) is 0 Å². The van der Waals surface area contributed by atoms with Gasteiger partial charge in [0, 0.05) is 10.6 Å². The number of halogens is 7. The van der Waals surface area contributed by atoms with Gasteiger partial charge < -0.3 is 0 Å². The molecular weight excluding hydrogens is 338 g/mol. The highest BCUT2D eigenvalue weighted by Gasteiger charge is 2.34. The topological polar surface area (TPSA) is 0 Å². The van der Waals surface area contributed by atoms with E-state index in [1.807, 2.05) is 0 Å². The summed E-state index contributed by atoms with van der Waals surface area (Å²) in [5.41, 5.74) is -1.35. The summed E-state index contributed by atoms with van der Waals surface area (Å²) in [5.74, 6) is -0.989. The van der Waals surface area contributed by atoms with Crippen molar-refractivity contribution in [1.29, 1.82) is 0 Å². The molecule has 0 bridgehead atoms. The summed E-state index contributed by atoms with van der Waals surface area (Å²) < 4.78 is 51.9. The monoisotopic (exact) mass is 342 g/mol. The first-order valence-corrected chi connectivity index (χ1v) is 6.35. The minimum absolute atomic E-state index is 0.00323. The lowest BCUT2D eigenvalue weighted by molar-refractivity contribution is -0.137. The van der Waals surface area contributed by atoms with Crippen molar-refractivity contribution in [3.05, 3.63) is 56.8 Å². The summed E-state index contributed by atoms with van der Waals surface area (Å²) in [5, 5.41) is 0.177. The molecule has 0 saturated heterocycles. The highest BCUT2D eigenvalue weighted by atomic mass is 35.5. The zero-order valence-electron chi connectivity index (χ0n) is 9.53. The van der Waals surface area contributed by atoms with Crippen LogP contribution >= 0.6 is 34.8 Å². The maximum atomic E-state index is 13.1. The molecule has 0 fully saturated rings. The van der Waals surface area contributed by atoms with E-state index in [1.54, 1.807) is 0 Å². The van der Waals surface area contributed by atoms with Crippen LogP contribution in [0.3, 0.4) is 0 Å². The lowest BCUT2D eigenvalue weighted by Crippen LogP contribution is -2.08. The Morgan fingerprint density at radius 3 is 1.95 bits per heavy atom. The van der Waals surface area contributed by atoms with Crippen molar-refractivity contribution in [2.45, 2.75) is 6.18 Å². The molecule has 0 aromatic heterocycles. The van der Waals surface area contributed by atoms with E-state index in [0.717, 1.165) is 12.1 Å². The van der Waals surface area contributed by atoms with Gasteiger partial charge in [0.2, 0.25) is 0 Å². The number of alkyl halides is 3. The average Bonchev–Trinajstić information content (AvgIpc) is 2.33. The van der Waals surface area contributed by atoms with Crippen molar-refractivity contribution >= 4 is 34.8 Å². The molecule has 0 atom stereocenters. The van der Waals surface area contributed by atoms with Crippen molar-refractivity contribution in [2.75, 3.05) is 0 Å². The summed E-state index contributed by atoms with van der Waals surface area (Å²) >= 11 is 17.4. The largest absolute Gasteiger partial charge is 0.417 e. The van der Waals surface area contributed by atoms with Crippen LogP contribution in [0.25, 0.3) is 11.1 Å². The van der Waals surface area contributed by atoms with Gasteiger partial charge in [-0.25, -0.2) is 4.39 Å². The first-order valence-electron chi connectivity index (χ1n) is 5.22. The lowest BCUT2D eigenvalue weighted by Gasteiger charge is -2.14. The van der Waals surface area contributed by atoms with Gasteiger partial charge in [0.1, 0.15) is 5.82 Å². The maximum Gasteiger partial charge on any atom is 0.417 e. The quantitative estimate of drug-likeness (QED) is 0.411. The zero-order chi connectivity index (χ0) is 15.1. The predicted octanol–water partition coefficient (Wildman–Crippen LogP) is 6.47. The van der Waals surface area contributed by atoms with E-state index in [9.17, 15) is 17.6 Å². The number of hydrogen-bond acceptors (Lipinski definition) is 0. The van der Waals surface area contributed by atoms with Crippen molar-refractivity contribution in [3.63, 3.8) is 0 Å². The molecule has 0 heterocycles. The van der Waals surface area contributed by atoms with Crippen molar-refractivity contribution in [3.8, 4) is 11.1 Å². The van der Waals surface area contributed by atoms with Crippen LogP contribution in [0, 0.1) is 5.82 Å². The summed E-state index contributed by atoms with van der Waals surface area (Å²) in [6.45, 7) is 0. The van der Waals surface area contributed by atoms with Gasteiger partial charge in [-0.15, -0.1) is 0 Å². The smallest absolute Gasteiger partial charge is 0.207 e. The van der Waals surface area contributed by atoms with Gasteiger partial charge >= 0.3 is 6.18 Å². The fourth-order valence-electron chi connectivity index (χ4n) is 1.71. The molecule has 2 aromatic carbocycles. The SMILES string of the molecule is Fc1ccc(-c2cc(Cl)c(Cl)cc2Cl)c(C(F)(F)F)c1. The summed E-state index contributed by atoms with van der Waals surface area (Å²) in [6.07, 6.45) is -4.72. The highest BCUT2D eigenvalue weighted by molar-refractivity contribution is 6.44. The number of hydrogen-bond donors (Lipinski definition) is 0. The second-order valence-electron chi connectivity index (χ2n) is 3.93. The second kappa shape index (κ2) is 5.43. The third kappa shape index (κ3) is 3.03. The third-order valence-electron chi connectivity index (χ3n) is 2.59. The van der Waals surface area contributed by atoms with Crippen LogP contribution in [0.4, 0.5) is 17.6 Å². The lowest BCUT2D eigenvalue weighted by atomic mass is 9.99. The van der Waals surface area contributed by atoms with Crippen LogP contribution in [0.5, 0.6) is 0 Å². The Morgan fingerprint density at radius 1 is 0.750 bits per heavy atom. The minimum Gasteiger partial charge on any atom is -0.207 e. The average molecular weight is 344 g/mol. The molecule has 2 rings (SSSR count). The standard InChI is InChI=1S/C13H5Cl3F4/c14-10-5-12(16)11(15)4-8(10)7-2-1-6(17)3-9(7)13(18,19)20/h1-5H. The van der Waals surface area contributed by atoms with E-state index >= 15 is 0 Å². The van der Waals surface area contributed by atoms with Gasteiger partial charge in [-0.3, -0.25) is 0 Å². The fourth-order valence-corrected chi connectivity index (χ4v) is 2.36. The Balaban J connectivity index is 2.73. The molecule has 0 amide bonds. The predicted molar refractivity (Wildman–Crippen MR) is 71.9 cm³/mol. The second-order valence-corrected chi connectivity index (χ2v) is 5.16. The molecule has 106 valence electrons. The van der Waals surface area contributed by atoms with Crippen LogP contribution in [-0.4, -0.2) is 0 Å². The third-order valence-corrected chi connectivity index (χ3v) is 3.62. The Morgan fingerprint density at radius 2 is 1.35 bits per heavy atom. The molecule has 20 heavy (non-hydrogen) atoms. The minimum atomic E-state index is -4.72. The van der Waals surface area contributed by atoms with Gasteiger partial charge in [0.15, 0.2) is 0 Å². The molecule has 0 saturated carbocycles. The Labute approximate surface area is 126 Å². The zero-order valence-corrected chi connectivity index (χ0v) is 11.8. The van der Waals surface area contributed by atoms with E-state index in [1.165, 1.54) is 12.1 Å². The fraction of sp³-hybridized carbons (Fsp3) is 0.0769. The van der Waals surface area contributed by atoms with Crippen LogP contribution in [0.2, 0.25) is 15.1 Å². The first kappa shape index (κ1) is 15.4.